The first-order chi connectivity index (χ1) is 17.4. The Kier molecular flexibility index (Phi) is 6.97. The summed E-state index contributed by atoms with van der Waals surface area (Å²) in [5, 5.41) is 5.80. The topological polar surface area (TPSA) is 65.5 Å². The van der Waals surface area contributed by atoms with Crippen LogP contribution in [0.25, 0.3) is 0 Å². The number of piperazine rings is 1. The number of nitrogens with one attached hydrogen (secondary N) is 2. The minimum Gasteiger partial charge on any atom is -0.433 e. The maximum Gasteiger partial charge on any atom is 0.261 e. The highest BCUT2D eigenvalue weighted by Gasteiger charge is 2.28. The highest BCUT2D eigenvalue weighted by Crippen LogP contribution is 2.38. The molecule has 3 heterocycles. The van der Waals surface area contributed by atoms with Crippen LogP contribution in [0.15, 0.2) is 36.7 Å². The molecule has 2 aromatic carbocycles. The Balaban J connectivity index is 1.27. The van der Waals surface area contributed by atoms with Crippen LogP contribution >= 0.6 is 0 Å². The highest BCUT2D eigenvalue weighted by atomic mass is 19.1. The van der Waals surface area contributed by atoms with Crippen LogP contribution in [-0.4, -0.2) is 58.5 Å². The first-order valence-corrected chi connectivity index (χ1v) is 12.2. The van der Waals surface area contributed by atoms with E-state index in [0.717, 1.165) is 57.2 Å². The molecule has 2 aliphatic rings. The molecule has 5 rings (SSSR count). The van der Waals surface area contributed by atoms with Gasteiger partial charge in [-0.05, 0) is 37.6 Å². The molecule has 2 aliphatic heterocycles. The SMILES string of the molecule is CCN1CCN(Cc2ccc(Nc3ncnc(Oc4cc(F)c5c(c4F)CC(C)N5)c3F)cc2)CC1. The van der Waals surface area contributed by atoms with Crippen LogP contribution in [0.2, 0.25) is 0 Å². The van der Waals surface area contributed by atoms with Crippen LogP contribution in [-0.2, 0) is 13.0 Å². The van der Waals surface area contributed by atoms with Crippen LogP contribution in [0.1, 0.15) is 25.0 Å². The van der Waals surface area contributed by atoms with Crippen molar-refractivity contribution in [2.45, 2.75) is 32.9 Å². The molecule has 0 spiro atoms. The smallest absolute Gasteiger partial charge is 0.261 e. The molecule has 190 valence electrons. The fourth-order valence-corrected chi connectivity index (χ4v) is 4.65. The van der Waals surface area contributed by atoms with Crippen molar-refractivity contribution in [3.8, 4) is 11.6 Å². The number of anilines is 3. The number of hydrogen-bond donors (Lipinski definition) is 2. The van der Waals surface area contributed by atoms with Crippen molar-refractivity contribution in [1.29, 1.82) is 0 Å². The number of halogens is 3. The second-order valence-electron chi connectivity index (χ2n) is 9.25. The summed E-state index contributed by atoms with van der Waals surface area (Å²) < 4.78 is 49.8. The number of aromatic nitrogens is 2. The van der Waals surface area contributed by atoms with Crippen LogP contribution in [0.5, 0.6) is 11.6 Å². The maximum absolute atomic E-state index is 15.1. The molecule has 10 heteroatoms. The number of benzene rings is 2. The summed E-state index contributed by atoms with van der Waals surface area (Å²) in [6.07, 6.45) is 1.41. The van der Waals surface area contributed by atoms with Gasteiger partial charge >= 0.3 is 0 Å². The quantitative estimate of drug-likeness (QED) is 0.479. The Morgan fingerprint density at radius 2 is 1.75 bits per heavy atom. The third-order valence-electron chi connectivity index (χ3n) is 6.68. The molecular formula is C26H29F3N6O. The predicted octanol–water partition coefficient (Wildman–Crippen LogP) is 4.92. The van der Waals surface area contributed by atoms with Crippen LogP contribution in [0, 0.1) is 17.5 Å². The molecule has 0 amide bonds. The van der Waals surface area contributed by atoms with E-state index in [0.29, 0.717) is 12.1 Å². The zero-order valence-electron chi connectivity index (χ0n) is 20.3. The molecule has 1 fully saturated rings. The summed E-state index contributed by atoms with van der Waals surface area (Å²) in [7, 11) is 0. The molecule has 0 bridgehead atoms. The van der Waals surface area contributed by atoms with Gasteiger partial charge in [-0.2, -0.15) is 9.37 Å². The Labute approximate surface area is 208 Å². The molecule has 1 aromatic heterocycles. The van der Waals surface area contributed by atoms with Crippen molar-refractivity contribution >= 4 is 17.2 Å². The summed E-state index contributed by atoms with van der Waals surface area (Å²) >= 11 is 0. The lowest BCUT2D eigenvalue weighted by Crippen LogP contribution is -2.45. The van der Waals surface area contributed by atoms with Gasteiger partial charge in [0.05, 0.1) is 5.69 Å². The number of ether oxygens (including phenoxy) is 1. The summed E-state index contributed by atoms with van der Waals surface area (Å²) in [5.41, 5.74) is 2.09. The lowest BCUT2D eigenvalue weighted by molar-refractivity contribution is 0.132. The molecule has 1 atom stereocenters. The lowest BCUT2D eigenvalue weighted by Gasteiger charge is -2.34. The van der Waals surface area contributed by atoms with Crippen LogP contribution < -0.4 is 15.4 Å². The first-order valence-electron chi connectivity index (χ1n) is 12.2. The zero-order valence-corrected chi connectivity index (χ0v) is 20.3. The molecule has 7 nitrogen and oxygen atoms in total. The largest absolute Gasteiger partial charge is 0.433 e. The summed E-state index contributed by atoms with van der Waals surface area (Å²) in [6, 6.07) is 8.47. The van der Waals surface area contributed by atoms with Gasteiger partial charge in [0.1, 0.15) is 6.33 Å². The van der Waals surface area contributed by atoms with Crippen molar-refractivity contribution < 1.29 is 17.9 Å². The van der Waals surface area contributed by atoms with Crippen molar-refractivity contribution in [3.63, 3.8) is 0 Å². The molecule has 36 heavy (non-hydrogen) atoms. The second kappa shape index (κ2) is 10.3. The molecule has 0 saturated carbocycles. The molecule has 1 saturated heterocycles. The number of nitrogens with zero attached hydrogens (tertiary/aromatic N) is 4. The molecule has 3 aromatic rings. The summed E-state index contributed by atoms with van der Waals surface area (Å²) in [4.78, 5) is 12.6. The Hall–Kier alpha value is -3.37. The summed E-state index contributed by atoms with van der Waals surface area (Å²) in [6.45, 7) is 10.2. The summed E-state index contributed by atoms with van der Waals surface area (Å²) in [5.74, 6) is -3.33. The lowest BCUT2D eigenvalue weighted by atomic mass is 10.1. The van der Waals surface area contributed by atoms with Gasteiger partial charge in [-0.25, -0.2) is 13.8 Å². The van der Waals surface area contributed by atoms with Gasteiger partial charge in [0, 0.05) is 56.1 Å². The normalized spacial score (nSPS) is 18.1. The second-order valence-corrected chi connectivity index (χ2v) is 9.25. The number of rotatable bonds is 7. The van der Waals surface area contributed by atoms with E-state index >= 15 is 4.39 Å². The maximum atomic E-state index is 15.1. The van der Waals surface area contributed by atoms with Crippen molar-refractivity contribution in [3.05, 3.63) is 65.2 Å². The average Bonchev–Trinajstić information content (AvgIpc) is 3.29. The third-order valence-corrected chi connectivity index (χ3v) is 6.68. The Morgan fingerprint density at radius 3 is 2.47 bits per heavy atom. The molecule has 1 unspecified atom stereocenters. The van der Waals surface area contributed by atoms with Crippen molar-refractivity contribution in [2.24, 2.45) is 0 Å². The van der Waals surface area contributed by atoms with E-state index in [1.165, 1.54) is 0 Å². The fraction of sp³-hybridized carbons (Fsp3) is 0.385. The van der Waals surface area contributed by atoms with Gasteiger partial charge in [-0.1, -0.05) is 19.1 Å². The molecule has 0 radical (unpaired) electrons. The molecule has 2 N–H and O–H groups in total. The zero-order chi connectivity index (χ0) is 25.2. The number of likely N-dealkylation sites (N-methyl/N-ethyl adjacent to an activating group) is 1. The van der Waals surface area contributed by atoms with Gasteiger partial charge in [-0.15, -0.1) is 0 Å². The van der Waals surface area contributed by atoms with E-state index in [-0.39, 0.29) is 23.1 Å². The van der Waals surface area contributed by atoms with Gasteiger partial charge in [0.2, 0.25) is 5.82 Å². The van der Waals surface area contributed by atoms with E-state index in [1.54, 1.807) is 0 Å². The van der Waals surface area contributed by atoms with Crippen LogP contribution in [0.4, 0.5) is 30.4 Å². The third kappa shape index (κ3) is 5.10. The minimum absolute atomic E-state index is 0.108. The van der Waals surface area contributed by atoms with E-state index in [1.807, 2.05) is 31.2 Å². The van der Waals surface area contributed by atoms with E-state index in [4.69, 9.17) is 4.74 Å². The van der Waals surface area contributed by atoms with Gasteiger partial charge < -0.3 is 20.3 Å². The Bertz CT molecular complexity index is 1230. The number of fused-ring (bicyclic) bond motifs is 1. The van der Waals surface area contributed by atoms with E-state index < -0.39 is 29.1 Å². The Morgan fingerprint density at radius 1 is 1.03 bits per heavy atom. The van der Waals surface area contributed by atoms with E-state index in [2.05, 4.69) is 37.3 Å². The van der Waals surface area contributed by atoms with Crippen molar-refractivity contribution in [1.82, 2.24) is 19.8 Å². The monoisotopic (exact) mass is 498 g/mol. The molecule has 0 aliphatic carbocycles. The van der Waals surface area contributed by atoms with Gasteiger partial charge in [-0.3, -0.25) is 4.90 Å². The molecular weight excluding hydrogens is 469 g/mol. The standard InChI is InChI=1S/C26H29F3N6O/c1-3-34-8-10-35(11-9-34)14-17-4-6-18(7-5-17)33-25-23(29)26(31-15-30-25)36-21-13-20(27)24-19(22(21)28)12-16(2)32-24/h4-7,13,15-16,32H,3,8-12,14H2,1-2H3,(H,30,31,33). The predicted molar refractivity (Wildman–Crippen MR) is 132 cm³/mol. The van der Waals surface area contributed by atoms with Crippen molar-refractivity contribution in [2.75, 3.05) is 43.4 Å². The van der Waals surface area contributed by atoms with E-state index in [9.17, 15) is 8.78 Å². The number of hydrogen-bond acceptors (Lipinski definition) is 7. The highest BCUT2D eigenvalue weighted by molar-refractivity contribution is 5.62. The first kappa shape index (κ1) is 24.3. The van der Waals surface area contributed by atoms with Gasteiger partial charge in [0.15, 0.2) is 23.2 Å². The van der Waals surface area contributed by atoms with Crippen LogP contribution in [0.3, 0.4) is 0 Å². The van der Waals surface area contributed by atoms with Gasteiger partial charge in [0.25, 0.3) is 5.88 Å². The fourth-order valence-electron chi connectivity index (χ4n) is 4.65. The minimum atomic E-state index is -0.901. The average molecular weight is 499 g/mol.